The van der Waals surface area contributed by atoms with Crippen LogP contribution in [0.1, 0.15) is 29.8 Å². The van der Waals surface area contributed by atoms with Crippen LogP contribution in [0.4, 0.5) is 5.69 Å². The van der Waals surface area contributed by atoms with Gasteiger partial charge in [0.15, 0.2) is 6.10 Å². The molecule has 0 spiro atoms. The number of amides is 1. The molecule has 1 aliphatic rings. The van der Waals surface area contributed by atoms with Gasteiger partial charge in [-0.1, -0.05) is 41.4 Å². The van der Waals surface area contributed by atoms with Gasteiger partial charge in [-0.25, -0.2) is 4.79 Å². The van der Waals surface area contributed by atoms with E-state index in [4.69, 9.17) is 27.9 Å². The van der Waals surface area contributed by atoms with Gasteiger partial charge in [-0.3, -0.25) is 4.79 Å². The van der Waals surface area contributed by atoms with Crippen molar-refractivity contribution in [1.82, 2.24) is 0 Å². The van der Waals surface area contributed by atoms with Crippen molar-refractivity contribution in [2.75, 3.05) is 4.90 Å². The van der Waals surface area contributed by atoms with Crippen LogP contribution in [0.5, 0.6) is 0 Å². The number of hydrogen-bond donors (Lipinski definition) is 0. The molecule has 2 atom stereocenters. The number of hydrogen-bond acceptors (Lipinski definition) is 3. The fourth-order valence-electron chi connectivity index (χ4n) is 3.03. The van der Waals surface area contributed by atoms with E-state index in [2.05, 4.69) is 0 Å². The summed E-state index contributed by atoms with van der Waals surface area (Å²) in [4.78, 5) is 26.8. The molecule has 0 saturated heterocycles. The van der Waals surface area contributed by atoms with E-state index >= 15 is 0 Å². The van der Waals surface area contributed by atoms with Gasteiger partial charge in [-0.15, -0.1) is 0 Å². The van der Waals surface area contributed by atoms with E-state index in [1.165, 1.54) is 12.1 Å². The largest absolute Gasteiger partial charge is 0.449 e. The first kappa shape index (κ1) is 17.8. The zero-order chi connectivity index (χ0) is 18.1. The van der Waals surface area contributed by atoms with Crippen LogP contribution in [0.2, 0.25) is 10.0 Å². The number of para-hydroxylation sites is 1. The molecule has 2 aromatic rings. The highest BCUT2D eigenvalue weighted by molar-refractivity contribution is 6.36. The van der Waals surface area contributed by atoms with Gasteiger partial charge in [0.1, 0.15) is 0 Å². The van der Waals surface area contributed by atoms with Crippen molar-refractivity contribution in [3.05, 3.63) is 63.6 Å². The van der Waals surface area contributed by atoms with Crippen LogP contribution < -0.4 is 4.90 Å². The van der Waals surface area contributed by atoms with E-state index in [0.717, 1.165) is 17.7 Å². The Morgan fingerprint density at radius 2 is 1.92 bits per heavy atom. The quantitative estimate of drug-likeness (QED) is 0.738. The highest BCUT2D eigenvalue weighted by Crippen LogP contribution is 2.32. The molecule has 0 saturated carbocycles. The Morgan fingerprint density at radius 1 is 1.20 bits per heavy atom. The number of nitrogens with zero attached hydrogens (tertiary/aromatic N) is 1. The average Bonchev–Trinajstić information content (AvgIpc) is 2.89. The Labute approximate surface area is 156 Å². The van der Waals surface area contributed by atoms with Crippen LogP contribution in [0.15, 0.2) is 42.5 Å². The predicted octanol–water partition coefficient (Wildman–Crippen LogP) is 4.52. The normalized spacial score (nSPS) is 17.1. The lowest BCUT2D eigenvalue weighted by Crippen LogP contribution is -2.43. The van der Waals surface area contributed by atoms with Gasteiger partial charge in [-0.2, -0.15) is 0 Å². The molecule has 25 heavy (non-hydrogen) atoms. The molecule has 2 aromatic carbocycles. The fraction of sp³-hybridized carbons (Fsp3) is 0.263. The van der Waals surface area contributed by atoms with Crippen molar-refractivity contribution in [3.63, 3.8) is 0 Å². The third-order valence-electron chi connectivity index (χ3n) is 4.23. The summed E-state index contributed by atoms with van der Waals surface area (Å²) in [5, 5.41) is 0.616. The van der Waals surface area contributed by atoms with E-state index in [1.807, 2.05) is 31.2 Å². The Hall–Kier alpha value is -2.04. The summed E-state index contributed by atoms with van der Waals surface area (Å²) in [5.74, 6) is -0.904. The third-order valence-corrected chi connectivity index (χ3v) is 4.78. The summed E-state index contributed by atoms with van der Waals surface area (Å²) in [6.45, 7) is 3.54. The van der Waals surface area contributed by atoms with Gasteiger partial charge >= 0.3 is 5.97 Å². The molecule has 6 heteroatoms. The van der Waals surface area contributed by atoms with E-state index in [-0.39, 0.29) is 22.5 Å². The number of carbonyl (C=O) groups excluding carboxylic acids is 2. The Morgan fingerprint density at radius 3 is 2.64 bits per heavy atom. The van der Waals surface area contributed by atoms with Gasteiger partial charge < -0.3 is 9.64 Å². The van der Waals surface area contributed by atoms with Crippen LogP contribution in [0, 0.1) is 0 Å². The van der Waals surface area contributed by atoms with Gasteiger partial charge in [0.2, 0.25) is 0 Å². The zero-order valence-corrected chi connectivity index (χ0v) is 15.3. The molecule has 0 N–H and O–H groups in total. The van der Waals surface area contributed by atoms with Gasteiger partial charge in [-0.05, 0) is 50.1 Å². The Kier molecular flexibility index (Phi) is 5.02. The van der Waals surface area contributed by atoms with Crippen LogP contribution in [0.25, 0.3) is 0 Å². The standard InChI is InChI=1S/C19H17Cl2NO3/c1-11-9-13-5-3-4-6-17(13)22(11)18(23)12(2)25-19(24)15-8-7-14(20)10-16(15)21/h3-8,10-12H,9H2,1-2H3/t11-,12-/m1/s1. The topological polar surface area (TPSA) is 46.6 Å². The second kappa shape index (κ2) is 7.06. The molecule has 0 radical (unpaired) electrons. The maximum Gasteiger partial charge on any atom is 0.340 e. The summed E-state index contributed by atoms with van der Waals surface area (Å²) in [7, 11) is 0. The Bertz CT molecular complexity index is 837. The number of carbonyl (C=O) groups is 2. The van der Waals surface area contributed by atoms with Crippen molar-refractivity contribution in [3.8, 4) is 0 Å². The minimum atomic E-state index is -0.923. The van der Waals surface area contributed by atoms with Crippen LogP contribution >= 0.6 is 23.2 Å². The second-order valence-corrected chi connectivity index (χ2v) is 6.91. The predicted molar refractivity (Wildman–Crippen MR) is 98.4 cm³/mol. The summed E-state index contributed by atoms with van der Waals surface area (Å²) in [6, 6.07) is 12.3. The monoisotopic (exact) mass is 377 g/mol. The molecule has 0 fully saturated rings. The van der Waals surface area contributed by atoms with E-state index in [0.29, 0.717) is 5.02 Å². The lowest BCUT2D eigenvalue weighted by molar-refractivity contribution is -0.126. The van der Waals surface area contributed by atoms with Crippen molar-refractivity contribution in [2.45, 2.75) is 32.4 Å². The third kappa shape index (κ3) is 3.51. The summed E-state index contributed by atoms with van der Waals surface area (Å²) >= 11 is 11.9. The molecule has 0 bridgehead atoms. The molecule has 1 amide bonds. The molecule has 0 aromatic heterocycles. The van der Waals surface area contributed by atoms with E-state index in [9.17, 15) is 9.59 Å². The minimum absolute atomic E-state index is 0.0187. The SMILES string of the molecule is C[C@@H]1Cc2ccccc2N1C(=O)[C@@H](C)OC(=O)c1ccc(Cl)cc1Cl. The number of halogens is 2. The molecular weight excluding hydrogens is 361 g/mol. The lowest BCUT2D eigenvalue weighted by atomic mass is 10.1. The van der Waals surface area contributed by atoms with Crippen LogP contribution in [-0.2, 0) is 16.0 Å². The highest BCUT2D eigenvalue weighted by atomic mass is 35.5. The Balaban J connectivity index is 1.76. The number of anilines is 1. The number of ether oxygens (including phenoxy) is 1. The van der Waals surface area contributed by atoms with Crippen molar-refractivity contribution >= 4 is 40.8 Å². The first-order valence-electron chi connectivity index (χ1n) is 7.95. The molecule has 3 rings (SSSR count). The fourth-order valence-corrected chi connectivity index (χ4v) is 3.51. The van der Waals surface area contributed by atoms with Crippen LogP contribution in [-0.4, -0.2) is 24.0 Å². The van der Waals surface area contributed by atoms with Crippen molar-refractivity contribution in [2.24, 2.45) is 0 Å². The van der Waals surface area contributed by atoms with Crippen LogP contribution in [0.3, 0.4) is 0 Å². The van der Waals surface area contributed by atoms with E-state index in [1.54, 1.807) is 17.9 Å². The molecule has 4 nitrogen and oxygen atoms in total. The van der Waals surface area contributed by atoms with E-state index < -0.39 is 12.1 Å². The number of esters is 1. The number of fused-ring (bicyclic) bond motifs is 1. The molecule has 0 aliphatic carbocycles. The van der Waals surface area contributed by atoms with Crippen molar-refractivity contribution in [1.29, 1.82) is 0 Å². The molecule has 0 unspecified atom stereocenters. The maximum absolute atomic E-state index is 12.8. The smallest absolute Gasteiger partial charge is 0.340 e. The van der Waals surface area contributed by atoms with Gasteiger partial charge in [0.05, 0.1) is 10.6 Å². The molecular formula is C19H17Cl2NO3. The maximum atomic E-state index is 12.8. The summed E-state index contributed by atoms with van der Waals surface area (Å²) in [6.07, 6.45) is -0.140. The zero-order valence-electron chi connectivity index (χ0n) is 13.8. The lowest BCUT2D eigenvalue weighted by Gasteiger charge is -2.26. The minimum Gasteiger partial charge on any atom is -0.449 e. The first-order chi connectivity index (χ1) is 11.9. The summed E-state index contributed by atoms with van der Waals surface area (Å²) < 4.78 is 5.34. The average molecular weight is 378 g/mol. The number of rotatable bonds is 3. The van der Waals surface area contributed by atoms with Gasteiger partial charge in [0.25, 0.3) is 5.91 Å². The highest BCUT2D eigenvalue weighted by Gasteiger charge is 2.34. The molecule has 1 heterocycles. The second-order valence-electron chi connectivity index (χ2n) is 6.06. The molecule has 130 valence electrons. The molecule has 1 aliphatic heterocycles. The van der Waals surface area contributed by atoms with Crippen molar-refractivity contribution < 1.29 is 14.3 Å². The van der Waals surface area contributed by atoms with Gasteiger partial charge in [0, 0.05) is 16.8 Å². The number of benzene rings is 2. The first-order valence-corrected chi connectivity index (χ1v) is 8.71. The summed E-state index contributed by atoms with van der Waals surface area (Å²) in [5.41, 5.74) is 2.16.